The van der Waals surface area contributed by atoms with Crippen LogP contribution in [0.15, 0.2) is 48.5 Å². The second kappa shape index (κ2) is 4.78. The Hall–Kier alpha value is -2.16. The molecule has 0 aromatic heterocycles. The summed E-state index contributed by atoms with van der Waals surface area (Å²) in [5.41, 5.74) is 1.98. The summed E-state index contributed by atoms with van der Waals surface area (Å²) in [5, 5.41) is 9.74. The molecule has 17 heavy (non-hydrogen) atoms. The highest BCUT2D eigenvalue weighted by Gasteiger charge is 2.07. The number of hydrogen-bond donors (Lipinski definition) is 1. The highest BCUT2D eigenvalue weighted by molar-refractivity contribution is 5.65. The molecule has 3 nitrogen and oxygen atoms in total. The number of para-hydroxylation sites is 1. The summed E-state index contributed by atoms with van der Waals surface area (Å²) in [7, 11) is 3.49. The van der Waals surface area contributed by atoms with Crippen LogP contribution in [0.4, 0.5) is 11.4 Å². The van der Waals surface area contributed by atoms with Crippen LogP contribution in [0.2, 0.25) is 0 Å². The Kier molecular flexibility index (Phi) is 3.19. The summed E-state index contributed by atoms with van der Waals surface area (Å²) in [6.07, 6.45) is 0. The molecule has 3 heteroatoms. The summed E-state index contributed by atoms with van der Waals surface area (Å²) >= 11 is 0. The molecular weight excluding hydrogens is 214 g/mol. The number of benzene rings is 2. The lowest BCUT2D eigenvalue weighted by Gasteiger charge is -2.20. The lowest BCUT2D eigenvalue weighted by Crippen LogP contribution is -2.08. The van der Waals surface area contributed by atoms with E-state index in [1.807, 2.05) is 48.3 Å². The van der Waals surface area contributed by atoms with Gasteiger partial charge in [-0.2, -0.15) is 0 Å². The van der Waals surface area contributed by atoms with Crippen LogP contribution in [-0.2, 0) is 0 Å². The topological polar surface area (TPSA) is 32.7 Å². The van der Waals surface area contributed by atoms with Crippen LogP contribution < -0.4 is 9.64 Å². The van der Waals surface area contributed by atoms with Crippen molar-refractivity contribution in [1.82, 2.24) is 0 Å². The van der Waals surface area contributed by atoms with E-state index in [9.17, 15) is 5.11 Å². The third-order valence-corrected chi connectivity index (χ3v) is 2.69. The summed E-state index contributed by atoms with van der Waals surface area (Å²) < 4.78 is 5.02. The van der Waals surface area contributed by atoms with Gasteiger partial charge in [0.25, 0.3) is 0 Å². The number of methoxy groups -OCH3 is 1. The van der Waals surface area contributed by atoms with Crippen LogP contribution in [0, 0.1) is 0 Å². The van der Waals surface area contributed by atoms with Gasteiger partial charge in [0.2, 0.25) is 0 Å². The third kappa shape index (κ3) is 2.33. The van der Waals surface area contributed by atoms with Crippen molar-refractivity contribution in [2.24, 2.45) is 0 Å². The number of hydrogen-bond acceptors (Lipinski definition) is 3. The zero-order valence-corrected chi connectivity index (χ0v) is 9.92. The minimum absolute atomic E-state index is 0.146. The lowest BCUT2D eigenvalue weighted by atomic mass is 10.2. The van der Waals surface area contributed by atoms with Crippen molar-refractivity contribution in [3.05, 3.63) is 48.5 Å². The molecule has 0 saturated heterocycles. The number of anilines is 2. The van der Waals surface area contributed by atoms with E-state index in [0.29, 0.717) is 5.75 Å². The molecule has 0 fully saturated rings. The van der Waals surface area contributed by atoms with Gasteiger partial charge in [-0.1, -0.05) is 18.2 Å². The minimum Gasteiger partial charge on any atom is -0.504 e. The van der Waals surface area contributed by atoms with Gasteiger partial charge in [0.1, 0.15) is 0 Å². The van der Waals surface area contributed by atoms with Crippen molar-refractivity contribution in [3.8, 4) is 11.5 Å². The second-order valence-corrected chi connectivity index (χ2v) is 3.75. The smallest absolute Gasteiger partial charge is 0.160 e. The van der Waals surface area contributed by atoms with Gasteiger partial charge in [0, 0.05) is 24.5 Å². The fourth-order valence-corrected chi connectivity index (χ4v) is 1.69. The highest BCUT2D eigenvalue weighted by Crippen LogP contribution is 2.32. The largest absolute Gasteiger partial charge is 0.504 e. The fourth-order valence-electron chi connectivity index (χ4n) is 1.69. The minimum atomic E-state index is 0.146. The van der Waals surface area contributed by atoms with Crippen LogP contribution >= 0.6 is 0 Å². The Balaban J connectivity index is 2.32. The lowest BCUT2D eigenvalue weighted by molar-refractivity contribution is 0.373. The second-order valence-electron chi connectivity index (χ2n) is 3.75. The van der Waals surface area contributed by atoms with Gasteiger partial charge in [-0.15, -0.1) is 0 Å². The van der Waals surface area contributed by atoms with Gasteiger partial charge in [-0.05, 0) is 24.3 Å². The summed E-state index contributed by atoms with van der Waals surface area (Å²) in [6, 6.07) is 15.3. The van der Waals surface area contributed by atoms with E-state index in [1.54, 1.807) is 12.1 Å². The number of phenols is 1. The zero-order chi connectivity index (χ0) is 12.3. The van der Waals surface area contributed by atoms with Gasteiger partial charge in [-0.3, -0.25) is 0 Å². The number of rotatable bonds is 3. The molecule has 0 amide bonds. The Bertz CT molecular complexity index is 497. The normalized spacial score (nSPS) is 10.0. The van der Waals surface area contributed by atoms with Gasteiger partial charge >= 0.3 is 0 Å². The quantitative estimate of drug-likeness (QED) is 0.877. The van der Waals surface area contributed by atoms with E-state index in [0.717, 1.165) is 11.4 Å². The fraction of sp³-hybridized carbons (Fsp3) is 0.143. The van der Waals surface area contributed by atoms with Gasteiger partial charge in [0.05, 0.1) is 7.11 Å². The van der Waals surface area contributed by atoms with Gasteiger partial charge in [0.15, 0.2) is 11.5 Å². The molecule has 0 bridgehead atoms. The molecule has 0 aliphatic heterocycles. The molecule has 0 heterocycles. The SMILES string of the molecule is COc1ccc(N(C)c2ccccc2)cc1O. The predicted molar refractivity (Wildman–Crippen MR) is 69.2 cm³/mol. The van der Waals surface area contributed by atoms with Crippen LogP contribution in [0.3, 0.4) is 0 Å². The monoisotopic (exact) mass is 229 g/mol. The Morgan fingerprint density at radius 2 is 1.71 bits per heavy atom. The molecule has 0 unspecified atom stereocenters. The van der Waals surface area contributed by atoms with E-state index in [1.165, 1.54) is 7.11 Å². The predicted octanol–water partition coefficient (Wildman–Crippen LogP) is 3.17. The third-order valence-electron chi connectivity index (χ3n) is 2.69. The number of phenolic OH excluding ortho intramolecular Hbond substituents is 1. The summed E-state index contributed by atoms with van der Waals surface area (Å²) in [5.74, 6) is 0.628. The van der Waals surface area contributed by atoms with E-state index in [4.69, 9.17) is 4.74 Å². The van der Waals surface area contributed by atoms with Crippen LogP contribution in [0.25, 0.3) is 0 Å². The molecule has 88 valence electrons. The van der Waals surface area contributed by atoms with Crippen molar-refractivity contribution in [2.45, 2.75) is 0 Å². The maximum Gasteiger partial charge on any atom is 0.160 e. The first kappa shape index (κ1) is 11.3. The molecule has 2 rings (SSSR count). The first-order valence-corrected chi connectivity index (χ1v) is 5.38. The molecule has 2 aromatic carbocycles. The molecular formula is C14H15NO2. The van der Waals surface area contributed by atoms with Crippen LogP contribution in [0.1, 0.15) is 0 Å². The van der Waals surface area contributed by atoms with Gasteiger partial charge < -0.3 is 14.7 Å². The summed E-state index contributed by atoms with van der Waals surface area (Å²) in [6.45, 7) is 0. The maximum absolute atomic E-state index is 9.74. The Morgan fingerprint density at radius 3 is 2.29 bits per heavy atom. The van der Waals surface area contributed by atoms with E-state index in [-0.39, 0.29) is 5.75 Å². The molecule has 0 aliphatic carbocycles. The molecule has 2 aromatic rings. The van der Waals surface area contributed by atoms with Crippen molar-refractivity contribution in [2.75, 3.05) is 19.1 Å². The van der Waals surface area contributed by atoms with Crippen molar-refractivity contribution in [1.29, 1.82) is 0 Å². The van der Waals surface area contributed by atoms with Crippen molar-refractivity contribution >= 4 is 11.4 Å². The van der Waals surface area contributed by atoms with Crippen molar-refractivity contribution < 1.29 is 9.84 Å². The van der Waals surface area contributed by atoms with Crippen LogP contribution in [-0.4, -0.2) is 19.3 Å². The van der Waals surface area contributed by atoms with Crippen molar-refractivity contribution in [3.63, 3.8) is 0 Å². The molecule has 0 saturated carbocycles. The number of aromatic hydroxyl groups is 1. The number of ether oxygens (including phenoxy) is 1. The molecule has 0 atom stereocenters. The van der Waals surface area contributed by atoms with E-state index >= 15 is 0 Å². The molecule has 0 radical (unpaired) electrons. The summed E-state index contributed by atoms with van der Waals surface area (Å²) in [4.78, 5) is 2.00. The van der Waals surface area contributed by atoms with Gasteiger partial charge in [-0.25, -0.2) is 0 Å². The standard InChI is InChI=1S/C14H15NO2/c1-15(11-6-4-3-5-7-11)12-8-9-14(17-2)13(16)10-12/h3-10,16H,1-2H3. The Labute approximate surface area is 101 Å². The first-order chi connectivity index (χ1) is 8.22. The average Bonchev–Trinajstić information content (AvgIpc) is 2.39. The Morgan fingerprint density at radius 1 is 1.00 bits per heavy atom. The number of nitrogens with zero attached hydrogens (tertiary/aromatic N) is 1. The first-order valence-electron chi connectivity index (χ1n) is 5.38. The zero-order valence-electron chi connectivity index (χ0n) is 9.92. The molecule has 0 aliphatic rings. The highest BCUT2D eigenvalue weighted by atomic mass is 16.5. The van der Waals surface area contributed by atoms with Crippen LogP contribution in [0.5, 0.6) is 11.5 Å². The molecule has 1 N–H and O–H groups in total. The molecule has 0 spiro atoms. The average molecular weight is 229 g/mol. The van der Waals surface area contributed by atoms with E-state index < -0.39 is 0 Å². The van der Waals surface area contributed by atoms with E-state index in [2.05, 4.69) is 0 Å². The maximum atomic E-state index is 9.74.